The van der Waals surface area contributed by atoms with Crippen LogP contribution in [0.2, 0.25) is 0 Å². The highest BCUT2D eigenvalue weighted by Gasteiger charge is 2.21. The van der Waals surface area contributed by atoms with Gasteiger partial charge in [-0.05, 0) is 49.7 Å². The smallest absolute Gasteiger partial charge is 0.274 e. The summed E-state index contributed by atoms with van der Waals surface area (Å²) in [5.74, 6) is -0.185. The molecule has 11 heteroatoms. The van der Waals surface area contributed by atoms with Crippen LogP contribution < -0.4 is 20.3 Å². The Bertz CT molecular complexity index is 1590. The largest absolute Gasteiger partial charge is 0.495 e. The van der Waals surface area contributed by atoms with Crippen molar-refractivity contribution >= 4 is 38.3 Å². The third-order valence-corrected chi connectivity index (χ3v) is 6.78. The van der Waals surface area contributed by atoms with Crippen molar-refractivity contribution in [3.8, 4) is 5.75 Å². The summed E-state index contributed by atoms with van der Waals surface area (Å²) in [7, 11) is -0.917. The van der Waals surface area contributed by atoms with Crippen LogP contribution in [0.1, 0.15) is 21.6 Å². The Balaban J connectivity index is 1.69. The first-order chi connectivity index (χ1) is 16.1. The van der Waals surface area contributed by atoms with Crippen molar-refractivity contribution in [2.24, 2.45) is 7.05 Å². The zero-order valence-corrected chi connectivity index (χ0v) is 19.8. The number of fused-ring (bicyclic) bond motifs is 1. The number of benzene rings is 2. The predicted molar refractivity (Wildman–Crippen MR) is 129 cm³/mol. The molecule has 0 bridgehead atoms. The van der Waals surface area contributed by atoms with Gasteiger partial charge in [0.2, 0.25) is 0 Å². The lowest BCUT2D eigenvalue weighted by atomic mass is 10.1. The molecular formula is C23H23N5O5S. The van der Waals surface area contributed by atoms with E-state index in [9.17, 15) is 18.0 Å². The second-order valence-electron chi connectivity index (χ2n) is 7.75. The molecule has 0 spiro atoms. The number of methoxy groups -OCH3 is 1. The van der Waals surface area contributed by atoms with Crippen molar-refractivity contribution in [3.05, 3.63) is 75.7 Å². The van der Waals surface area contributed by atoms with Gasteiger partial charge in [0.25, 0.3) is 21.5 Å². The van der Waals surface area contributed by atoms with Gasteiger partial charge in [-0.25, -0.2) is 13.4 Å². The number of rotatable bonds is 6. The standard InChI is InChI=1S/C23H23N5O5S/c1-13-9-10-15(12-19(13)34(31,32)27-17-7-5-6-8-18(17)33-4)25-22(29)16-11-14(2)24-21-20(16)23(30)26-28(21)3/h5-12,27H,1-4H3,(H,25,29)(H,26,30). The fourth-order valence-electron chi connectivity index (χ4n) is 3.66. The third kappa shape index (κ3) is 4.25. The van der Waals surface area contributed by atoms with Gasteiger partial charge in [0.15, 0.2) is 5.65 Å². The van der Waals surface area contributed by atoms with Gasteiger partial charge in [-0.2, -0.15) is 0 Å². The molecule has 0 atom stereocenters. The number of ether oxygens (including phenoxy) is 1. The molecule has 0 saturated heterocycles. The summed E-state index contributed by atoms with van der Waals surface area (Å²) in [6.45, 7) is 3.37. The average molecular weight is 482 g/mol. The van der Waals surface area contributed by atoms with Crippen molar-refractivity contribution in [3.63, 3.8) is 0 Å². The molecule has 0 radical (unpaired) electrons. The van der Waals surface area contributed by atoms with Gasteiger partial charge in [0, 0.05) is 18.4 Å². The van der Waals surface area contributed by atoms with E-state index in [2.05, 4.69) is 20.1 Å². The Hall–Kier alpha value is -4.12. The summed E-state index contributed by atoms with van der Waals surface area (Å²) in [4.78, 5) is 29.7. The number of nitrogens with one attached hydrogen (secondary N) is 3. The number of carbonyl (C=O) groups is 1. The summed E-state index contributed by atoms with van der Waals surface area (Å²) < 4.78 is 35.5. The van der Waals surface area contributed by atoms with E-state index in [0.29, 0.717) is 22.7 Å². The van der Waals surface area contributed by atoms with Crippen LogP contribution in [-0.2, 0) is 17.1 Å². The maximum atomic E-state index is 13.1. The molecule has 176 valence electrons. The van der Waals surface area contributed by atoms with Gasteiger partial charge in [-0.3, -0.25) is 24.1 Å². The van der Waals surface area contributed by atoms with Gasteiger partial charge in [0.05, 0.1) is 28.6 Å². The minimum absolute atomic E-state index is 0.00943. The van der Waals surface area contributed by atoms with Crippen LogP contribution in [0.25, 0.3) is 11.0 Å². The normalized spacial score (nSPS) is 11.4. The van der Waals surface area contributed by atoms with Crippen LogP contribution in [0, 0.1) is 13.8 Å². The number of aromatic amines is 1. The molecule has 0 saturated carbocycles. The van der Waals surface area contributed by atoms with Gasteiger partial charge in [-0.15, -0.1) is 0 Å². The van der Waals surface area contributed by atoms with Gasteiger partial charge < -0.3 is 10.1 Å². The van der Waals surface area contributed by atoms with E-state index in [0.717, 1.165) is 0 Å². The summed E-state index contributed by atoms with van der Waals surface area (Å²) in [5, 5.41) is 5.44. The molecule has 2 aromatic heterocycles. The number of aromatic nitrogens is 3. The number of hydrogen-bond donors (Lipinski definition) is 3. The number of nitrogens with zero attached hydrogens (tertiary/aromatic N) is 2. The third-order valence-electron chi connectivity index (χ3n) is 5.27. The van der Waals surface area contributed by atoms with Crippen molar-refractivity contribution < 1.29 is 17.9 Å². The Morgan fingerprint density at radius 3 is 2.59 bits per heavy atom. The van der Waals surface area contributed by atoms with Gasteiger partial charge >= 0.3 is 0 Å². The zero-order chi connectivity index (χ0) is 24.6. The fourth-order valence-corrected chi connectivity index (χ4v) is 5.00. The topological polar surface area (TPSA) is 135 Å². The number of amides is 1. The van der Waals surface area contributed by atoms with E-state index in [4.69, 9.17) is 4.74 Å². The number of aryl methyl sites for hydroxylation is 3. The zero-order valence-electron chi connectivity index (χ0n) is 19.0. The lowest BCUT2D eigenvalue weighted by Gasteiger charge is -2.14. The maximum absolute atomic E-state index is 13.1. The fraction of sp³-hybridized carbons (Fsp3) is 0.174. The predicted octanol–water partition coefficient (Wildman–Crippen LogP) is 2.94. The van der Waals surface area contributed by atoms with Crippen molar-refractivity contribution in [2.45, 2.75) is 18.7 Å². The molecule has 0 unspecified atom stereocenters. The van der Waals surface area contributed by atoms with E-state index in [-0.39, 0.29) is 27.2 Å². The molecular weight excluding hydrogens is 458 g/mol. The Morgan fingerprint density at radius 1 is 1.12 bits per heavy atom. The van der Waals surface area contributed by atoms with Crippen LogP contribution in [0.5, 0.6) is 5.75 Å². The molecule has 4 aromatic rings. The summed E-state index contributed by atoms with van der Waals surface area (Å²) in [5.41, 5.74) is 1.64. The minimum Gasteiger partial charge on any atom is -0.495 e. The lowest BCUT2D eigenvalue weighted by molar-refractivity contribution is 0.102. The van der Waals surface area contributed by atoms with Crippen LogP contribution in [0.15, 0.2) is 58.2 Å². The van der Waals surface area contributed by atoms with Crippen LogP contribution in [0.3, 0.4) is 0 Å². The SMILES string of the molecule is COc1ccccc1NS(=O)(=O)c1cc(NC(=O)c2cc(C)nc3c2c(=O)[nH]n3C)ccc1C. The maximum Gasteiger partial charge on any atom is 0.274 e. The molecule has 2 heterocycles. The number of H-pyrrole nitrogens is 1. The summed E-state index contributed by atoms with van der Waals surface area (Å²) in [6, 6.07) is 12.7. The van der Waals surface area contributed by atoms with Crippen molar-refractivity contribution in [1.82, 2.24) is 14.8 Å². The van der Waals surface area contributed by atoms with E-state index in [1.54, 1.807) is 57.3 Å². The lowest BCUT2D eigenvalue weighted by Crippen LogP contribution is -2.17. The summed E-state index contributed by atoms with van der Waals surface area (Å²) >= 11 is 0. The first-order valence-electron chi connectivity index (χ1n) is 10.2. The highest BCUT2D eigenvalue weighted by molar-refractivity contribution is 7.92. The first-order valence-corrected chi connectivity index (χ1v) is 11.7. The summed E-state index contributed by atoms with van der Waals surface area (Å²) in [6.07, 6.45) is 0. The Labute approximate surface area is 195 Å². The Morgan fingerprint density at radius 2 is 1.85 bits per heavy atom. The number of para-hydroxylation sites is 2. The number of pyridine rings is 1. The highest BCUT2D eigenvalue weighted by atomic mass is 32.2. The molecule has 10 nitrogen and oxygen atoms in total. The van der Waals surface area contributed by atoms with Crippen LogP contribution in [0.4, 0.5) is 11.4 Å². The molecule has 1 amide bonds. The van der Waals surface area contributed by atoms with Crippen LogP contribution in [-0.4, -0.2) is 36.2 Å². The van der Waals surface area contributed by atoms with Crippen LogP contribution >= 0.6 is 0 Å². The number of carbonyl (C=O) groups excluding carboxylic acids is 1. The quantitative estimate of drug-likeness (QED) is 0.388. The first kappa shape index (κ1) is 23.1. The van der Waals surface area contributed by atoms with E-state index >= 15 is 0 Å². The van der Waals surface area contributed by atoms with E-state index in [1.165, 1.54) is 23.9 Å². The second-order valence-corrected chi connectivity index (χ2v) is 9.40. The Kier molecular flexibility index (Phi) is 5.88. The van der Waals surface area contributed by atoms with Crippen molar-refractivity contribution in [1.29, 1.82) is 0 Å². The van der Waals surface area contributed by atoms with E-state index < -0.39 is 21.5 Å². The molecule has 0 aliphatic heterocycles. The van der Waals surface area contributed by atoms with Gasteiger partial charge in [0.1, 0.15) is 5.75 Å². The van der Waals surface area contributed by atoms with Gasteiger partial charge in [-0.1, -0.05) is 18.2 Å². The molecule has 0 fully saturated rings. The highest BCUT2D eigenvalue weighted by Crippen LogP contribution is 2.28. The number of hydrogen-bond acceptors (Lipinski definition) is 6. The molecule has 4 rings (SSSR count). The monoisotopic (exact) mass is 481 g/mol. The number of anilines is 2. The second kappa shape index (κ2) is 8.67. The molecule has 34 heavy (non-hydrogen) atoms. The molecule has 0 aliphatic carbocycles. The molecule has 0 aliphatic rings. The molecule has 2 aromatic carbocycles. The average Bonchev–Trinajstić information content (AvgIpc) is 3.07. The van der Waals surface area contributed by atoms with E-state index in [1.807, 2.05) is 0 Å². The van der Waals surface area contributed by atoms with Crippen molar-refractivity contribution in [2.75, 3.05) is 17.1 Å². The molecule has 3 N–H and O–H groups in total. The number of sulfonamides is 1. The minimum atomic E-state index is -3.99.